The molecule has 0 aliphatic heterocycles. The van der Waals surface area contributed by atoms with Crippen molar-refractivity contribution in [3.63, 3.8) is 0 Å². The number of rotatable bonds is 4. The van der Waals surface area contributed by atoms with Crippen LogP contribution in [0.5, 0.6) is 0 Å². The molecular formula is C24H8O4. The molecular weight excluding hydrogens is 352 g/mol. The van der Waals surface area contributed by atoms with Crippen LogP contribution in [0.4, 0.5) is 0 Å². The van der Waals surface area contributed by atoms with Gasteiger partial charge in [0.25, 0.3) is 0 Å². The molecule has 0 atom stereocenters. The molecule has 5 aromatic rings. The van der Waals surface area contributed by atoms with Crippen LogP contribution < -0.4 is 0 Å². The summed E-state index contributed by atoms with van der Waals surface area (Å²) in [7, 11) is 0. The van der Waals surface area contributed by atoms with Gasteiger partial charge in [-0.25, -0.2) is 0 Å². The molecule has 128 valence electrons. The third-order valence-corrected chi connectivity index (χ3v) is 5.34. The Kier molecular flexibility index (Phi) is 3.36. The van der Waals surface area contributed by atoms with Crippen LogP contribution in [-0.4, -0.2) is 25.1 Å². The van der Waals surface area contributed by atoms with Crippen molar-refractivity contribution in [2.24, 2.45) is 0 Å². The Balaban J connectivity index is 2.32. The highest BCUT2D eigenvalue weighted by Crippen LogP contribution is 2.43. The molecule has 4 heteroatoms. The summed E-state index contributed by atoms with van der Waals surface area (Å²) in [6.45, 7) is 0. The van der Waals surface area contributed by atoms with Crippen LogP contribution in [0.3, 0.4) is 0 Å². The maximum absolute atomic E-state index is 11.9. The lowest BCUT2D eigenvalue weighted by Gasteiger charge is -2.18. The predicted octanol–water partition coefficient (Wildman–Crippen LogP) is 3.57. The van der Waals surface area contributed by atoms with E-state index in [1.165, 1.54) is 0 Å². The van der Waals surface area contributed by atoms with Crippen molar-refractivity contribution in [3.05, 3.63) is 70.8 Å². The van der Waals surface area contributed by atoms with Crippen molar-refractivity contribution in [1.82, 2.24) is 0 Å². The monoisotopic (exact) mass is 360 g/mol. The van der Waals surface area contributed by atoms with Crippen LogP contribution in [0.1, 0.15) is 22.3 Å². The predicted molar refractivity (Wildman–Crippen MR) is 107 cm³/mol. The molecule has 0 aliphatic rings. The molecule has 0 saturated heterocycles. The highest BCUT2D eigenvalue weighted by atomic mass is 16.1. The summed E-state index contributed by atoms with van der Waals surface area (Å²) in [5.74, 6) is 0. The Morgan fingerprint density at radius 1 is 0.464 bits per heavy atom. The van der Waals surface area contributed by atoms with Crippen molar-refractivity contribution in [2.75, 3.05) is 0 Å². The van der Waals surface area contributed by atoms with Gasteiger partial charge in [0.1, 0.15) is 0 Å². The number of fused-ring (bicyclic) bond motifs is 2. The maximum atomic E-state index is 11.9. The second-order valence-corrected chi connectivity index (χ2v) is 6.53. The Bertz CT molecular complexity index is 1470. The van der Waals surface area contributed by atoms with Crippen LogP contribution in [0.2, 0.25) is 0 Å². The first-order valence-electron chi connectivity index (χ1n) is 8.47. The molecule has 5 aromatic carbocycles. The molecule has 4 nitrogen and oxygen atoms in total. The zero-order valence-electron chi connectivity index (χ0n) is 14.3. The van der Waals surface area contributed by atoms with Gasteiger partial charge in [-0.3, -0.25) is 19.2 Å². The largest absolute Gasteiger partial charge is 0.285 e. The van der Waals surface area contributed by atoms with Gasteiger partial charge < -0.3 is 0 Å². The van der Waals surface area contributed by atoms with Gasteiger partial charge in [-0.05, 0) is 38.4 Å². The highest BCUT2D eigenvalue weighted by Gasteiger charge is 2.24. The van der Waals surface area contributed by atoms with Crippen molar-refractivity contribution in [3.8, 4) is 0 Å². The van der Waals surface area contributed by atoms with E-state index in [-0.39, 0.29) is 27.6 Å². The SMILES string of the molecule is O=[C]c1c([C]=O)c2c([C]=O)ccc3c4cccc5cccc(c(c1[C]=O)c23)c54. The third kappa shape index (κ3) is 1.84. The van der Waals surface area contributed by atoms with E-state index in [4.69, 9.17) is 0 Å². The minimum absolute atomic E-state index is 0.0489. The van der Waals surface area contributed by atoms with E-state index in [0.717, 1.165) is 26.9 Å². The van der Waals surface area contributed by atoms with Crippen molar-refractivity contribution in [2.45, 2.75) is 0 Å². The maximum Gasteiger partial charge on any atom is 0.235 e. The molecule has 0 unspecified atom stereocenters. The summed E-state index contributed by atoms with van der Waals surface area (Å²) >= 11 is 0. The topological polar surface area (TPSA) is 68.3 Å². The highest BCUT2D eigenvalue weighted by molar-refractivity contribution is 6.38. The third-order valence-electron chi connectivity index (χ3n) is 5.34. The summed E-state index contributed by atoms with van der Waals surface area (Å²) in [4.78, 5) is 46.9. The fourth-order valence-electron chi connectivity index (χ4n) is 4.28. The summed E-state index contributed by atoms with van der Waals surface area (Å²) in [6, 6.07) is 14.8. The van der Waals surface area contributed by atoms with Gasteiger partial charge in [-0.15, -0.1) is 0 Å². The minimum atomic E-state index is -0.238. The van der Waals surface area contributed by atoms with Crippen LogP contribution in [0.25, 0.3) is 43.1 Å². The lowest BCUT2D eigenvalue weighted by atomic mass is 9.82. The van der Waals surface area contributed by atoms with E-state index in [1.54, 1.807) is 24.7 Å². The van der Waals surface area contributed by atoms with Crippen molar-refractivity contribution in [1.29, 1.82) is 0 Å². The van der Waals surface area contributed by atoms with Crippen molar-refractivity contribution >= 4 is 68.2 Å². The number of benzene rings is 5. The van der Waals surface area contributed by atoms with E-state index < -0.39 is 0 Å². The smallest absolute Gasteiger partial charge is 0.235 e. The average molecular weight is 360 g/mol. The molecule has 0 aliphatic carbocycles. The minimum Gasteiger partial charge on any atom is -0.285 e. The molecule has 0 N–H and O–H groups in total. The molecule has 0 amide bonds. The zero-order valence-corrected chi connectivity index (χ0v) is 14.3. The fourth-order valence-corrected chi connectivity index (χ4v) is 4.28. The second kappa shape index (κ2) is 5.79. The first-order chi connectivity index (χ1) is 13.7. The van der Waals surface area contributed by atoms with Gasteiger partial charge in [0.2, 0.25) is 25.1 Å². The zero-order chi connectivity index (χ0) is 19.4. The first kappa shape index (κ1) is 16.3. The fraction of sp³-hybridized carbons (Fsp3) is 0. The molecule has 0 spiro atoms. The Morgan fingerprint density at radius 2 is 1.07 bits per heavy atom. The summed E-state index contributed by atoms with van der Waals surface area (Å²) in [5, 5.41) is 5.58. The Morgan fingerprint density at radius 3 is 1.71 bits per heavy atom. The van der Waals surface area contributed by atoms with E-state index in [9.17, 15) is 19.2 Å². The van der Waals surface area contributed by atoms with Gasteiger partial charge >= 0.3 is 0 Å². The molecule has 0 heterocycles. The molecule has 0 aromatic heterocycles. The summed E-state index contributed by atoms with van der Waals surface area (Å²) < 4.78 is 0. The molecule has 4 radical (unpaired) electrons. The van der Waals surface area contributed by atoms with E-state index in [2.05, 4.69) is 0 Å². The average Bonchev–Trinajstić information content (AvgIpc) is 2.75. The molecule has 0 saturated carbocycles. The van der Waals surface area contributed by atoms with E-state index >= 15 is 0 Å². The van der Waals surface area contributed by atoms with Gasteiger partial charge in [-0.2, -0.15) is 0 Å². The lowest BCUT2D eigenvalue weighted by Crippen LogP contribution is -2.05. The molecule has 0 bridgehead atoms. The standard InChI is InChI=1S/C24H8O4/c25-9-14-7-8-16-15-5-1-3-13-4-2-6-17(21(13)15)23-20(12-28)18(10-26)19(11-27)22(14)24(16)23/h1-8H. The normalized spacial score (nSPS) is 11.4. The van der Waals surface area contributed by atoms with E-state index in [0.29, 0.717) is 10.8 Å². The summed E-state index contributed by atoms with van der Waals surface area (Å²) in [5.41, 5.74) is -0.331. The van der Waals surface area contributed by atoms with Gasteiger partial charge in [0.15, 0.2) is 0 Å². The first-order valence-corrected chi connectivity index (χ1v) is 8.47. The number of hydrogen-bond donors (Lipinski definition) is 0. The Hall–Kier alpha value is -3.92. The Labute approximate surface area is 158 Å². The lowest BCUT2D eigenvalue weighted by molar-refractivity contribution is 0.556. The van der Waals surface area contributed by atoms with Crippen LogP contribution in [0.15, 0.2) is 48.5 Å². The number of carbonyl (C=O) groups excluding carboxylic acids is 4. The van der Waals surface area contributed by atoms with Crippen LogP contribution >= 0.6 is 0 Å². The second-order valence-electron chi connectivity index (χ2n) is 6.53. The summed E-state index contributed by atoms with van der Waals surface area (Å²) in [6.07, 6.45) is 7.04. The van der Waals surface area contributed by atoms with Crippen molar-refractivity contribution < 1.29 is 19.2 Å². The number of hydrogen-bond acceptors (Lipinski definition) is 4. The quantitative estimate of drug-likeness (QED) is 0.363. The van der Waals surface area contributed by atoms with E-state index in [1.807, 2.05) is 49.0 Å². The van der Waals surface area contributed by atoms with Crippen LogP contribution in [0, 0.1) is 0 Å². The molecule has 0 fully saturated rings. The van der Waals surface area contributed by atoms with Gasteiger partial charge in [0, 0.05) is 33.0 Å². The molecule has 28 heavy (non-hydrogen) atoms. The molecule has 5 rings (SSSR count). The van der Waals surface area contributed by atoms with Gasteiger partial charge in [0.05, 0.1) is 0 Å². The van der Waals surface area contributed by atoms with Crippen LogP contribution in [-0.2, 0) is 19.2 Å². The van der Waals surface area contributed by atoms with Gasteiger partial charge in [-0.1, -0.05) is 42.5 Å².